The zero-order valence-electron chi connectivity index (χ0n) is 12.3. The van der Waals surface area contributed by atoms with E-state index in [2.05, 4.69) is 5.32 Å². The molecule has 8 heteroatoms. The minimum atomic E-state index is -3.59. The lowest BCUT2D eigenvalue weighted by molar-refractivity contribution is 0.263. The number of sulfonamides is 1. The van der Waals surface area contributed by atoms with Crippen molar-refractivity contribution in [1.82, 2.24) is 9.62 Å². The molecule has 0 amide bonds. The number of rotatable bonds is 3. The topological polar surface area (TPSA) is 83.6 Å². The molecule has 1 aliphatic heterocycles. The Morgan fingerprint density at radius 3 is 1.81 bits per heavy atom. The molecule has 0 bridgehead atoms. The summed E-state index contributed by atoms with van der Waals surface area (Å²) in [5, 5.41) is 3.28. The molecule has 0 saturated carbocycles. The molecule has 1 saturated heterocycles. The highest BCUT2D eigenvalue weighted by atomic mass is 32.2. The van der Waals surface area contributed by atoms with Crippen molar-refractivity contribution in [2.24, 2.45) is 0 Å². The van der Waals surface area contributed by atoms with E-state index >= 15 is 0 Å². The van der Waals surface area contributed by atoms with Crippen molar-refractivity contribution in [2.45, 2.75) is 35.7 Å². The largest absolute Gasteiger partial charge is 0.309 e. The van der Waals surface area contributed by atoms with Gasteiger partial charge in [-0.2, -0.15) is 4.31 Å². The van der Waals surface area contributed by atoms with E-state index in [1.165, 1.54) is 28.6 Å². The lowest BCUT2D eigenvalue weighted by atomic mass is 10.2. The molecule has 2 atom stereocenters. The highest BCUT2D eigenvalue weighted by Crippen LogP contribution is 2.20. The molecule has 0 radical (unpaired) electrons. The first-order valence-corrected chi connectivity index (χ1v) is 10.00. The van der Waals surface area contributed by atoms with Gasteiger partial charge in [-0.15, -0.1) is 0 Å². The third-order valence-corrected chi connectivity index (χ3v) is 6.39. The Morgan fingerprint density at radius 2 is 1.38 bits per heavy atom. The van der Waals surface area contributed by atoms with Gasteiger partial charge in [-0.3, -0.25) is 0 Å². The van der Waals surface area contributed by atoms with Gasteiger partial charge in [0.25, 0.3) is 0 Å². The molecule has 1 fully saturated rings. The van der Waals surface area contributed by atoms with Gasteiger partial charge in [-0.25, -0.2) is 16.8 Å². The van der Waals surface area contributed by atoms with Gasteiger partial charge in [0.05, 0.1) is 9.79 Å². The number of hydrogen-bond acceptors (Lipinski definition) is 5. The average Bonchev–Trinajstić information content (AvgIpc) is 2.36. The van der Waals surface area contributed by atoms with Crippen LogP contribution in [-0.4, -0.2) is 52.6 Å². The Hall–Kier alpha value is -0.960. The molecule has 6 nitrogen and oxygen atoms in total. The van der Waals surface area contributed by atoms with Gasteiger partial charge in [-0.05, 0) is 38.1 Å². The SMILES string of the molecule is C[C@@H]1CN(S(=O)(=O)c2ccc(S(C)(=O)=O)cc2)C[C@@H](C)N1. The van der Waals surface area contributed by atoms with E-state index in [4.69, 9.17) is 0 Å². The molecule has 1 aliphatic rings. The van der Waals surface area contributed by atoms with Crippen molar-refractivity contribution in [1.29, 1.82) is 0 Å². The number of nitrogens with zero attached hydrogens (tertiary/aromatic N) is 1. The number of sulfone groups is 1. The second-order valence-electron chi connectivity index (χ2n) is 5.53. The zero-order chi connectivity index (χ0) is 15.8. The predicted octanol–water partition coefficient (Wildman–Crippen LogP) is 0.461. The summed E-state index contributed by atoms with van der Waals surface area (Å²) >= 11 is 0. The molecule has 1 aromatic carbocycles. The quantitative estimate of drug-likeness (QED) is 0.869. The van der Waals surface area contributed by atoms with Crippen LogP contribution in [0.1, 0.15) is 13.8 Å². The van der Waals surface area contributed by atoms with Crippen LogP contribution in [0.2, 0.25) is 0 Å². The maximum absolute atomic E-state index is 12.6. The van der Waals surface area contributed by atoms with E-state index in [9.17, 15) is 16.8 Å². The zero-order valence-corrected chi connectivity index (χ0v) is 13.9. The van der Waals surface area contributed by atoms with Crippen molar-refractivity contribution in [3.05, 3.63) is 24.3 Å². The third-order valence-electron chi connectivity index (χ3n) is 3.41. The summed E-state index contributed by atoms with van der Waals surface area (Å²) in [5.41, 5.74) is 0. The normalized spacial score (nSPS) is 24.9. The van der Waals surface area contributed by atoms with Crippen LogP contribution in [0.5, 0.6) is 0 Å². The Morgan fingerprint density at radius 1 is 0.952 bits per heavy atom. The molecule has 0 aliphatic carbocycles. The Bertz CT molecular complexity index is 701. The van der Waals surface area contributed by atoms with Gasteiger partial charge in [0.2, 0.25) is 10.0 Å². The predicted molar refractivity (Wildman–Crippen MR) is 80.4 cm³/mol. The first-order chi connectivity index (χ1) is 9.60. The maximum Gasteiger partial charge on any atom is 0.243 e. The fraction of sp³-hybridized carbons (Fsp3) is 0.538. The number of benzene rings is 1. The van der Waals surface area contributed by atoms with Gasteiger partial charge in [0, 0.05) is 31.4 Å². The van der Waals surface area contributed by atoms with E-state index in [-0.39, 0.29) is 21.9 Å². The van der Waals surface area contributed by atoms with E-state index in [0.717, 1.165) is 6.26 Å². The van der Waals surface area contributed by atoms with Crippen LogP contribution in [0.25, 0.3) is 0 Å². The summed E-state index contributed by atoms with van der Waals surface area (Å²) < 4.78 is 49.4. The van der Waals surface area contributed by atoms with Crippen LogP contribution < -0.4 is 5.32 Å². The van der Waals surface area contributed by atoms with E-state index in [1.54, 1.807) is 0 Å². The maximum atomic E-state index is 12.6. The molecular formula is C13H20N2O4S2. The first-order valence-electron chi connectivity index (χ1n) is 6.67. The highest BCUT2D eigenvalue weighted by molar-refractivity contribution is 7.90. The number of piperazine rings is 1. The van der Waals surface area contributed by atoms with Crippen LogP contribution in [0.15, 0.2) is 34.1 Å². The lowest BCUT2D eigenvalue weighted by Crippen LogP contribution is -2.55. The van der Waals surface area contributed by atoms with Crippen molar-refractivity contribution >= 4 is 19.9 Å². The Labute approximate surface area is 126 Å². The minimum absolute atomic E-state index is 0.0822. The van der Waals surface area contributed by atoms with Gasteiger partial charge in [-0.1, -0.05) is 0 Å². The van der Waals surface area contributed by atoms with Crippen LogP contribution in [0.3, 0.4) is 0 Å². The molecule has 1 aromatic rings. The molecular weight excluding hydrogens is 312 g/mol. The third kappa shape index (κ3) is 3.63. The number of nitrogens with one attached hydrogen (secondary N) is 1. The van der Waals surface area contributed by atoms with E-state index in [0.29, 0.717) is 13.1 Å². The van der Waals surface area contributed by atoms with Crippen molar-refractivity contribution in [2.75, 3.05) is 19.3 Å². The summed E-state index contributed by atoms with van der Waals surface area (Å²) in [4.78, 5) is 0.236. The smallest absolute Gasteiger partial charge is 0.243 e. The molecule has 118 valence electrons. The van der Waals surface area contributed by atoms with Crippen LogP contribution in [0, 0.1) is 0 Å². The monoisotopic (exact) mass is 332 g/mol. The van der Waals surface area contributed by atoms with Crippen LogP contribution in [0.4, 0.5) is 0 Å². The van der Waals surface area contributed by atoms with Gasteiger partial charge in [0.15, 0.2) is 9.84 Å². The number of hydrogen-bond donors (Lipinski definition) is 1. The van der Waals surface area contributed by atoms with Crippen LogP contribution in [-0.2, 0) is 19.9 Å². The Kier molecular flexibility index (Phi) is 4.44. The Balaban J connectivity index is 2.31. The molecule has 1 N–H and O–H groups in total. The minimum Gasteiger partial charge on any atom is -0.309 e. The van der Waals surface area contributed by atoms with Crippen molar-refractivity contribution < 1.29 is 16.8 Å². The first kappa shape index (κ1) is 16.4. The summed E-state index contributed by atoms with van der Waals surface area (Å²) in [6, 6.07) is 5.53. The molecule has 1 heterocycles. The summed E-state index contributed by atoms with van der Waals surface area (Å²) in [6.07, 6.45) is 1.09. The fourth-order valence-corrected chi connectivity index (χ4v) is 4.73. The highest BCUT2D eigenvalue weighted by Gasteiger charge is 2.31. The lowest BCUT2D eigenvalue weighted by Gasteiger charge is -2.35. The van der Waals surface area contributed by atoms with Gasteiger partial charge in [0.1, 0.15) is 0 Å². The van der Waals surface area contributed by atoms with E-state index < -0.39 is 19.9 Å². The van der Waals surface area contributed by atoms with Gasteiger partial charge < -0.3 is 5.32 Å². The van der Waals surface area contributed by atoms with Gasteiger partial charge >= 0.3 is 0 Å². The summed E-state index contributed by atoms with van der Waals surface area (Å²) in [7, 11) is -6.92. The van der Waals surface area contributed by atoms with Crippen LogP contribution >= 0.6 is 0 Å². The van der Waals surface area contributed by atoms with Crippen molar-refractivity contribution in [3.63, 3.8) is 0 Å². The molecule has 0 spiro atoms. The second-order valence-corrected chi connectivity index (χ2v) is 9.49. The van der Waals surface area contributed by atoms with E-state index in [1.807, 2.05) is 13.8 Å². The standard InChI is InChI=1S/C13H20N2O4S2/c1-10-8-15(9-11(2)14-10)21(18,19)13-6-4-12(5-7-13)20(3,16)17/h4-7,10-11,14H,8-9H2,1-3H3/t10-,11-/m1/s1. The molecule has 0 unspecified atom stereocenters. The van der Waals surface area contributed by atoms with Crippen molar-refractivity contribution in [3.8, 4) is 0 Å². The molecule has 2 rings (SSSR count). The molecule has 0 aromatic heterocycles. The second kappa shape index (κ2) is 5.68. The average molecular weight is 332 g/mol. The molecule has 21 heavy (non-hydrogen) atoms. The summed E-state index contributed by atoms with van der Waals surface area (Å²) in [6.45, 7) is 4.68. The fourth-order valence-electron chi connectivity index (χ4n) is 2.48. The summed E-state index contributed by atoms with van der Waals surface area (Å²) in [5.74, 6) is 0.